The van der Waals surface area contributed by atoms with Gasteiger partial charge < -0.3 is 33.8 Å². The van der Waals surface area contributed by atoms with Gasteiger partial charge in [-0.2, -0.15) is 0 Å². The molecule has 81 heavy (non-hydrogen) atoms. The Bertz CT molecular complexity index is 1600. The molecule has 0 rings (SSSR count). The molecule has 0 bridgehead atoms. The number of carbonyl (C=O) groups excluding carboxylic acids is 4. The first-order valence-corrected chi connectivity index (χ1v) is 35.5. The van der Waals surface area contributed by atoms with Gasteiger partial charge in [-0.25, -0.2) is 9.13 Å². The fourth-order valence-electron chi connectivity index (χ4n) is 9.18. The number of phosphoric acid groups is 2. The van der Waals surface area contributed by atoms with E-state index in [4.69, 9.17) is 37.0 Å². The topological polar surface area (TPSA) is 237 Å². The zero-order valence-electron chi connectivity index (χ0n) is 52.1. The van der Waals surface area contributed by atoms with E-state index in [0.29, 0.717) is 31.6 Å². The molecule has 0 aliphatic carbocycles. The van der Waals surface area contributed by atoms with Crippen LogP contribution in [-0.4, -0.2) is 96.7 Å². The van der Waals surface area contributed by atoms with E-state index in [0.717, 1.165) is 109 Å². The summed E-state index contributed by atoms with van der Waals surface area (Å²) in [7, 11) is -9.88. The molecule has 0 saturated carbocycles. The molecule has 0 radical (unpaired) electrons. The summed E-state index contributed by atoms with van der Waals surface area (Å²) in [4.78, 5) is 71.9. The molecule has 0 aliphatic rings. The number of ether oxygens (including phenoxy) is 4. The first-order valence-electron chi connectivity index (χ1n) is 32.5. The van der Waals surface area contributed by atoms with E-state index in [1.165, 1.54) is 109 Å². The fraction of sp³-hybridized carbons (Fsp3) is 0.935. The highest BCUT2D eigenvalue weighted by molar-refractivity contribution is 7.47. The summed E-state index contributed by atoms with van der Waals surface area (Å²) in [6.07, 6.45) is 36.4. The SMILES string of the molecule is CCCCCCCCCCCCC(=O)OC[C@H](COP(=O)(O)OC[C@@H](O)COP(=O)(O)OC[C@@H](COC(=O)CCCCCCCCC)OC(=O)CCCCCCCCC(C)C)OC(=O)CCCCCCCCCCCCCCC(C)C. The molecule has 0 fully saturated rings. The highest BCUT2D eigenvalue weighted by atomic mass is 31.2. The smallest absolute Gasteiger partial charge is 0.462 e. The number of hydrogen-bond acceptors (Lipinski definition) is 15. The minimum atomic E-state index is -4.94. The summed E-state index contributed by atoms with van der Waals surface area (Å²) < 4.78 is 67.8. The van der Waals surface area contributed by atoms with Gasteiger partial charge in [0.2, 0.25) is 0 Å². The maximum absolute atomic E-state index is 13.0. The predicted molar refractivity (Wildman–Crippen MR) is 321 cm³/mol. The van der Waals surface area contributed by atoms with Crippen molar-refractivity contribution in [3.8, 4) is 0 Å². The lowest BCUT2D eigenvalue weighted by atomic mass is 10.0. The van der Waals surface area contributed by atoms with Crippen molar-refractivity contribution in [2.45, 2.75) is 323 Å². The second-order valence-corrected chi connectivity index (χ2v) is 26.3. The first kappa shape index (κ1) is 79.1. The number of aliphatic hydroxyl groups excluding tert-OH is 1. The van der Waals surface area contributed by atoms with Crippen LogP contribution < -0.4 is 0 Å². The average molecular weight is 1200 g/mol. The second-order valence-electron chi connectivity index (χ2n) is 23.4. The van der Waals surface area contributed by atoms with E-state index >= 15 is 0 Å². The van der Waals surface area contributed by atoms with Gasteiger partial charge in [0.1, 0.15) is 19.3 Å². The number of aliphatic hydroxyl groups is 1. The summed E-state index contributed by atoms with van der Waals surface area (Å²) >= 11 is 0. The third kappa shape index (κ3) is 56.9. The van der Waals surface area contributed by atoms with Gasteiger partial charge in [-0.1, -0.05) is 253 Å². The van der Waals surface area contributed by atoms with Crippen LogP contribution in [0.3, 0.4) is 0 Å². The van der Waals surface area contributed by atoms with Gasteiger partial charge in [0.05, 0.1) is 26.4 Å². The Labute approximate surface area is 492 Å². The minimum Gasteiger partial charge on any atom is -0.462 e. The largest absolute Gasteiger partial charge is 0.472 e. The highest BCUT2D eigenvalue weighted by Crippen LogP contribution is 2.45. The number of hydrogen-bond donors (Lipinski definition) is 3. The summed E-state index contributed by atoms with van der Waals surface area (Å²) in [6.45, 7) is 9.35. The van der Waals surface area contributed by atoms with Gasteiger partial charge in [-0.3, -0.25) is 37.3 Å². The lowest BCUT2D eigenvalue weighted by molar-refractivity contribution is -0.161. The quantitative estimate of drug-likeness (QED) is 0.0222. The Hall–Kier alpha value is -1.94. The van der Waals surface area contributed by atoms with Crippen LogP contribution in [0.5, 0.6) is 0 Å². The van der Waals surface area contributed by atoms with E-state index in [1.807, 2.05) is 0 Å². The number of phosphoric ester groups is 2. The Morgan fingerprint density at radius 2 is 0.568 bits per heavy atom. The van der Waals surface area contributed by atoms with Crippen molar-refractivity contribution in [3.63, 3.8) is 0 Å². The summed E-state index contributed by atoms with van der Waals surface area (Å²) in [5, 5.41) is 10.5. The molecule has 0 saturated heterocycles. The van der Waals surface area contributed by atoms with Crippen molar-refractivity contribution in [2.24, 2.45) is 11.8 Å². The number of esters is 4. The summed E-state index contributed by atoms with van der Waals surface area (Å²) in [6, 6.07) is 0. The molecule has 0 aromatic rings. The zero-order valence-corrected chi connectivity index (χ0v) is 53.9. The van der Waals surface area contributed by atoms with E-state index in [-0.39, 0.29) is 25.7 Å². The van der Waals surface area contributed by atoms with Crippen molar-refractivity contribution in [1.82, 2.24) is 0 Å². The third-order valence-corrected chi connectivity index (χ3v) is 16.1. The molecule has 0 amide bonds. The molecule has 17 nitrogen and oxygen atoms in total. The third-order valence-electron chi connectivity index (χ3n) is 14.2. The van der Waals surface area contributed by atoms with Crippen LogP contribution in [0.15, 0.2) is 0 Å². The van der Waals surface area contributed by atoms with E-state index in [9.17, 15) is 43.2 Å². The van der Waals surface area contributed by atoms with Gasteiger partial charge in [-0.15, -0.1) is 0 Å². The minimum absolute atomic E-state index is 0.102. The molecule has 0 aromatic carbocycles. The molecule has 5 atom stereocenters. The van der Waals surface area contributed by atoms with E-state index in [2.05, 4.69) is 41.5 Å². The Morgan fingerprint density at radius 3 is 0.840 bits per heavy atom. The Kier molecular flexibility index (Phi) is 53.4. The van der Waals surface area contributed by atoms with Crippen LogP contribution in [0.4, 0.5) is 0 Å². The monoisotopic (exact) mass is 1200 g/mol. The summed E-state index contributed by atoms with van der Waals surface area (Å²) in [5.74, 6) is -0.698. The second kappa shape index (κ2) is 54.7. The van der Waals surface area contributed by atoms with Crippen LogP contribution in [-0.2, 0) is 65.4 Å². The van der Waals surface area contributed by atoms with Crippen molar-refractivity contribution in [2.75, 3.05) is 39.6 Å². The molecule has 0 heterocycles. The molecule has 2 unspecified atom stereocenters. The number of unbranched alkanes of at least 4 members (excludes halogenated alkanes) is 31. The van der Waals surface area contributed by atoms with E-state index < -0.39 is 97.5 Å². The molecule has 3 N–H and O–H groups in total. The van der Waals surface area contributed by atoms with Gasteiger partial charge in [0.15, 0.2) is 12.2 Å². The molecule has 19 heteroatoms. The molecule has 0 aromatic heterocycles. The van der Waals surface area contributed by atoms with Gasteiger partial charge in [0.25, 0.3) is 0 Å². The van der Waals surface area contributed by atoms with Crippen molar-refractivity contribution < 1.29 is 80.2 Å². The molecule has 0 spiro atoms. The normalized spacial score (nSPS) is 14.4. The van der Waals surface area contributed by atoms with Crippen molar-refractivity contribution >= 4 is 39.5 Å². The van der Waals surface area contributed by atoms with Crippen molar-refractivity contribution in [1.29, 1.82) is 0 Å². The Morgan fingerprint density at radius 1 is 0.333 bits per heavy atom. The number of carbonyl (C=O) groups is 4. The van der Waals surface area contributed by atoms with Crippen molar-refractivity contribution in [3.05, 3.63) is 0 Å². The van der Waals surface area contributed by atoms with Crippen LogP contribution in [0.1, 0.15) is 305 Å². The van der Waals surface area contributed by atoms with Crippen LogP contribution in [0.25, 0.3) is 0 Å². The van der Waals surface area contributed by atoms with Crippen LogP contribution in [0.2, 0.25) is 0 Å². The molecule has 480 valence electrons. The van der Waals surface area contributed by atoms with Crippen LogP contribution in [0, 0.1) is 11.8 Å². The lowest BCUT2D eigenvalue weighted by Crippen LogP contribution is -2.30. The van der Waals surface area contributed by atoms with E-state index in [1.54, 1.807) is 0 Å². The maximum atomic E-state index is 13.0. The highest BCUT2D eigenvalue weighted by Gasteiger charge is 2.30. The summed E-state index contributed by atoms with van der Waals surface area (Å²) in [5.41, 5.74) is 0. The lowest BCUT2D eigenvalue weighted by Gasteiger charge is -2.21. The maximum Gasteiger partial charge on any atom is 0.472 e. The van der Waals surface area contributed by atoms with Gasteiger partial charge in [-0.05, 0) is 37.5 Å². The van der Waals surface area contributed by atoms with Gasteiger partial charge >= 0.3 is 39.5 Å². The average Bonchev–Trinajstić information content (AvgIpc) is 3.42. The zero-order chi connectivity index (χ0) is 60.1. The van der Waals surface area contributed by atoms with Gasteiger partial charge in [0, 0.05) is 25.7 Å². The molecular formula is C62H120O17P2. The molecular weight excluding hydrogens is 1080 g/mol. The first-order chi connectivity index (χ1) is 38.9. The Balaban J connectivity index is 5.20. The number of rotatable bonds is 61. The predicted octanol–water partition coefficient (Wildman–Crippen LogP) is 16.9. The fourth-order valence-corrected chi connectivity index (χ4v) is 10.8. The molecule has 0 aliphatic heterocycles. The van der Waals surface area contributed by atoms with Crippen LogP contribution >= 0.6 is 15.6 Å². The standard InChI is InChI=1S/C62H120O17P2/c1-7-9-11-13-15-16-22-26-33-39-45-60(65)73-51-57(78-61(66)46-40-34-27-23-20-18-17-19-21-25-30-36-42-54(3)4)52-76-80(68,69)74-48-56(63)49-75-81(70,71)77-53-58(50-72-59(64)44-38-32-24-14-12-10-8-2)79-62(67)47-41-35-29-28-31-37-43-55(5)6/h54-58,63H,7-53H2,1-6H3,(H,68,69)(H,70,71)/t56-,57-,58-/m1/s1.